The molecule has 0 bridgehead atoms. The molecule has 2 heterocycles. The third-order valence-corrected chi connectivity index (χ3v) is 4.17. The number of rotatable bonds is 2. The zero-order valence-electron chi connectivity index (χ0n) is 10.6. The van der Waals surface area contributed by atoms with Gasteiger partial charge >= 0.3 is 0 Å². The number of likely N-dealkylation sites (tertiary alicyclic amines) is 1. The molecule has 2 fully saturated rings. The second-order valence-corrected chi connectivity index (χ2v) is 5.56. The Morgan fingerprint density at radius 2 is 2.22 bits per heavy atom. The molecule has 1 aromatic rings. The molecule has 100 valence electrons. The van der Waals surface area contributed by atoms with Gasteiger partial charge in [0.25, 0.3) is 0 Å². The van der Waals surface area contributed by atoms with Gasteiger partial charge in [0.05, 0.1) is 0 Å². The summed E-state index contributed by atoms with van der Waals surface area (Å²) in [6.45, 7) is 5.73. The van der Waals surface area contributed by atoms with E-state index >= 15 is 0 Å². The second kappa shape index (κ2) is 5.47. The van der Waals surface area contributed by atoms with Crippen LogP contribution in [0.2, 0.25) is 0 Å². The van der Waals surface area contributed by atoms with E-state index in [1.807, 2.05) is 12.1 Å². The van der Waals surface area contributed by atoms with Crippen molar-refractivity contribution in [1.82, 2.24) is 10.2 Å². The summed E-state index contributed by atoms with van der Waals surface area (Å²) in [7, 11) is 0. The molecule has 1 spiro atoms. The number of nitrogens with zero attached hydrogens (tertiary/aromatic N) is 1. The highest BCUT2D eigenvalue weighted by molar-refractivity contribution is 5.85. The number of phenolic OH excluding ortho intramolecular Hbond substituents is 1. The molecule has 18 heavy (non-hydrogen) atoms. The molecule has 0 amide bonds. The summed E-state index contributed by atoms with van der Waals surface area (Å²) in [5.74, 6) is 0.374. The molecule has 2 aliphatic heterocycles. The van der Waals surface area contributed by atoms with Gasteiger partial charge in [0.1, 0.15) is 5.75 Å². The smallest absolute Gasteiger partial charge is 0.115 e. The van der Waals surface area contributed by atoms with Crippen molar-refractivity contribution in [3.05, 3.63) is 29.8 Å². The summed E-state index contributed by atoms with van der Waals surface area (Å²) in [5, 5.41) is 12.9. The fraction of sp³-hybridized carbons (Fsp3) is 0.571. The Bertz CT molecular complexity index is 405. The maximum absolute atomic E-state index is 9.46. The number of hydrogen-bond donors (Lipinski definition) is 2. The lowest BCUT2D eigenvalue weighted by Crippen LogP contribution is -2.28. The number of nitrogens with one attached hydrogen (secondary N) is 1. The van der Waals surface area contributed by atoms with Crippen LogP contribution < -0.4 is 5.32 Å². The van der Waals surface area contributed by atoms with E-state index in [-0.39, 0.29) is 12.4 Å². The first-order valence-electron chi connectivity index (χ1n) is 6.47. The van der Waals surface area contributed by atoms with Gasteiger partial charge in [0, 0.05) is 19.6 Å². The van der Waals surface area contributed by atoms with E-state index in [0.717, 1.165) is 6.54 Å². The third kappa shape index (κ3) is 2.79. The number of halogens is 1. The van der Waals surface area contributed by atoms with Gasteiger partial charge in [-0.3, -0.25) is 4.90 Å². The molecule has 1 aromatic carbocycles. The Morgan fingerprint density at radius 3 is 2.94 bits per heavy atom. The van der Waals surface area contributed by atoms with Crippen LogP contribution in [0, 0.1) is 5.41 Å². The number of phenols is 1. The molecule has 0 saturated carbocycles. The van der Waals surface area contributed by atoms with Crippen LogP contribution in [0.3, 0.4) is 0 Å². The molecular formula is C14H21ClN2O. The molecular weight excluding hydrogens is 248 g/mol. The van der Waals surface area contributed by atoms with Crippen LogP contribution in [0.1, 0.15) is 18.4 Å². The van der Waals surface area contributed by atoms with E-state index in [1.165, 1.54) is 44.6 Å². The molecule has 1 unspecified atom stereocenters. The van der Waals surface area contributed by atoms with Crippen molar-refractivity contribution in [2.75, 3.05) is 26.2 Å². The van der Waals surface area contributed by atoms with Crippen molar-refractivity contribution in [1.29, 1.82) is 0 Å². The Balaban J connectivity index is 0.00000120. The first-order chi connectivity index (χ1) is 8.26. The van der Waals surface area contributed by atoms with Gasteiger partial charge in [-0.2, -0.15) is 0 Å². The summed E-state index contributed by atoms with van der Waals surface area (Å²) < 4.78 is 0. The van der Waals surface area contributed by atoms with E-state index in [1.54, 1.807) is 6.07 Å². The largest absolute Gasteiger partial charge is 0.508 e. The highest BCUT2D eigenvalue weighted by Crippen LogP contribution is 2.36. The molecule has 0 radical (unpaired) electrons. The van der Waals surface area contributed by atoms with E-state index < -0.39 is 0 Å². The van der Waals surface area contributed by atoms with Gasteiger partial charge in [-0.05, 0) is 49.0 Å². The first-order valence-corrected chi connectivity index (χ1v) is 6.47. The van der Waals surface area contributed by atoms with Crippen molar-refractivity contribution >= 4 is 12.4 Å². The van der Waals surface area contributed by atoms with Gasteiger partial charge in [-0.15, -0.1) is 12.4 Å². The van der Waals surface area contributed by atoms with Crippen LogP contribution in [0.4, 0.5) is 0 Å². The maximum Gasteiger partial charge on any atom is 0.115 e. The van der Waals surface area contributed by atoms with Crippen molar-refractivity contribution in [2.45, 2.75) is 19.4 Å². The van der Waals surface area contributed by atoms with Crippen LogP contribution in [0.25, 0.3) is 0 Å². The molecule has 4 heteroatoms. The minimum Gasteiger partial charge on any atom is -0.508 e. The highest BCUT2D eigenvalue weighted by Gasteiger charge is 2.39. The lowest BCUT2D eigenvalue weighted by Gasteiger charge is -2.22. The Labute approximate surface area is 115 Å². The third-order valence-electron chi connectivity index (χ3n) is 4.17. The minimum atomic E-state index is 0. The van der Waals surface area contributed by atoms with E-state index in [9.17, 15) is 5.11 Å². The molecule has 2 aliphatic rings. The van der Waals surface area contributed by atoms with Crippen LogP contribution in [0.5, 0.6) is 5.75 Å². The topological polar surface area (TPSA) is 35.5 Å². The summed E-state index contributed by atoms with van der Waals surface area (Å²) >= 11 is 0. The minimum absolute atomic E-state index is 0. The Hall–Kier alpha value is -0.770. The normalized spacial score (nSPS) is 27.6. The average molecular weight is 269 g/mol. The average Bonchev–Trinajstić information content (AvgIpc) is 2.90. The zero-order valence-corrected chi connectivity index (χ0v) is 11.4. The molecule has 1 atom stereocenters. The second-order valence-electron chi connectivity index (χ2n) is 5.56. The van der Waals surface area contributed by atoms with Crippen LogP contribution in [0.15, 0.2) is 24.3 Å². The fourth-order valence-corrected chi connectivity index (χ4v) is 3.22. The van der Waals surface area contributed by atoms with E-state index in [4.69, 9.17) is 0 Å². The summed E-state index contributed by atoms with van der Waals surface area (Å²) in [5.41, 5.74) is 1.75. The van der Waals surface area contributed by atoms with E-state index in [2.05, 4.69) is 16.3 Å². The number of benzene rings is 1. The fourth-order valence-electron chi connectivity index (χ4n) is 3.22. The van der Waals surface area contributed by atoms with Crippen molar-refractivity contribution in [3.8, 4) is 5.75 Å². The summed E-state index contributed by atoms with van der Waals surface area (Å²) in [6, 6.07) is 7.62. The monoisotopic (exact) mass is 268 g/mol. The Morgan fingerprint density at radius 1 is 1.33 bits per heavy atom. The predicted molar refractivity (Wildman–Crippen MR) is 75.2 cm³/mol. The SMILES string of the molecule is Cl.Oc1cccc(CN2CCC3(CCNC3)C2)c1. The first kappa shape index (κ1) is 13.7. The molecule has 3 rings (SSSR count). The van der Waals surface area contributed by atoms with Gasteiger partial charge < -0.3 is 10.4 Å². The van der Waals surface area contributed by atoms with Gasteiger partial charge in [-0.25, -0.2) is 0 Å². The highest BCUT2D eigenvalue weighted by atomic mass is 35.5. The molecule has 0 aromatic heterocycles. The number of hydrogen-bond acceptors (Lipinski definition) is 3. The maximum atomic E-state index is 9.46. The zero-order chi connectivity index (χ0) is 11.7. The Kier molecular flexibility index (Phi) is 4.15. The van der Waals surface area contributed by atoms with Crippen molar-refractivity contribution < 1.29 is 5.11 Å². The quantitative estimate of drug-likeness (QED) is 0.861. The van der Waals surface area contributed by atoms with Crippen LogP contribution in [-0.4, -0.2) is 36.2 Å². The van der Waals surface area contributed by atoms with Crippen LogP contribution in [-0.2, 0) is 6.54 Å². The van der Waals surface area contributed by atoms with Gasteiger partial charge in [-0.1, -0.05) is 12.1 Å². The number of aromatic hydroxyl groups is 1. The van der Waals surface area contributed by atoms with Crippen LogP contribution >= 0.6 is 12.4 Å². The molecule has 2 N–H and O–H groups in total. The summed E-state index contributed by atoms with van der Waals surface area (Å²) in [6.07, 6.45) is 2.64. The standard InChI is InChI=1S/C14H20N2O.ClH/c17-13-3-1-2-12(8-13)9-16-7-5-14(11-16)4-6-15-10-14;/h1-3,8,15,17H,4-7,9-11H2;1H. The molecule has 2 saturated heterocycles. The molecule has 3 nitrogen and oxygen atoms in total. The summed E-state index contributed by atoms with van der Waals surface area (Å²) in [4.78, 5) is 2.52. The van der Waals surface area contributed by atoms with E-state index in [0.29, 0.717) is 11.2 Å². The van der Waals surface area contributed by atoms with Gasteiger partial charge in [0.15, 0.2) is 0 Å². The lowest BCUT2D eigenvalue weighted by molar-refractivity contribution is 0.268. The van der Waals surface area contributed by atoms with Gasteiger partial charge in [0.2, 0.25) is 0 Å². The lowest BCUT2D eigenvalue weighted by atomic mass is 9.86. The van der Waals surface area contributed by atoms with Crippen molar-refractivity contribution in [3.63, 3.8) is 0 Å². The molecule has 0 aliphatic carbocycles. The van der Waals surface area contributed by atoms with Crippen molar-refractivity contribution in [2.24, 2.45) is 5.41 Å². The predicted octanol–water partition coefficient (Wildman–Crippen LogP) is 2.00.